The van der Waals surface area contributed by atoms with Gasteiger partial charge in [-0.1, -0.05) is 35.4 Å². The Hall–Kier alpha value is -1.67. The van der Waals surface area contributed by atoms with Crippen LogP contribution >= 0.6 is 0 Å². The third-order valence-corrected chi connectivity index (χ3v) is 4.61. The zero-order valence-electron chi connectivity index (χ0n) is 13.3. The van der Waals surface area contributed by atoms with Crippen LogP contribution in [-0.2, 0) is 14.2 Å². The summed E-state index contributed by atoms with van der Waals surface area (Å²) >= 11 is 0. The number of nitrogens with zero attached hydrogens (tertiary/aromatic N) is 3. The van der Waals surface area contributed by atoms with E-state index >= 15 is 0 Å². The van der Waals surface area contributed by atoms with Gasteiger partial charge in [0.1, 0.15) is 0 Å². The Balaban J connectivity index is 1.81. The lowest BCUT2D eigenvalue weighted by Gasteiger charge is -2.41. The fraction of sp³-hybridized carbons (Fsp3) is 0.625. The van der Waals surface area contributed by atoms with E-state index < -0.39 is 36.6 Å². The molecule has 8 nitrogen and oxygen atoms in total. The second-order valence-corrected chi connectivity index (χ2v) is 6.08. The molecule has 0 spiro atoms. The largest absolute Gasteiger partial charge is 0.394 e. The van der Waals surface area contributed by atoms with E-state index in [1.807, 2.05) is 37.3 Å². The molecule has 7 atom stereocenters. The van der Waals surface area contributed by atoms with E-state index in [4.69, 9.17) is 19.7 Å². The van der Waals surface area contributed by atoms with Crippen molar-refractivity contribution >= 4 is 0 Å². The summed E-state index contributed by atoms with van der Waals surface area (Å²) in [5, 5.41) is 23.8. The quantitative estimate of drug-likeness (QED) is 0.492. The molecule has 0 bridgehead atoms. The first-order valence-corrected chi connectivity index (χ1v) is 7.96. The molecule has 0 radical (unpaired) electrons. The molecule has 2 N–H and O–H groups in total. The summed E-state index contributed by atoms with van der Waals surface area (Å²) in [6.45, 7) is 1.66. The molecule has 0 saturated carbocycles. The predicted octanol–water partition coefficient (Wildman–Crippen LogP) is 1.54. The van der Waals surface area contributed by atoms with Crippen LogP contribution in [0.25, 0.3) is 10.4 Å². The van der Waals surface area contributed by atoms with Crippen LogP contribution in [0.1, 0.15) is 18.8 Å². The van der Waals surface area contributed by atoms with Crippen molar-refractivity contribution in [1.29, 1.82) is 0 Å². The van der Waals surface area contributed by atoms with Gasteiger partial charge in [-0.3, -0.25) is 0 Å². The fourth-order valence-electron chi connectivity index (χ4n) is 3.39. The third kappa shape index (κ3) is 3.25. The molecule has 8 heteroatoms. The molecule has 1 aromatic carbocycles. The van der Waals surface area contributed by atoms with Crippen LogP contribution in [0.15, 0.2) is 35.4 Å². The normalized spacial score (nSPS) is 39.4. The SMILES string of the molecule is CC1OC(c2ccccc2)OC1[C@@H]1C(CO)OCC(N=[N+]=[N-])[C@@H]1O. The van der Waals surface area contributed by atoms with Gasteiger partial charge < -0.3 is 24.4 Å². The molecule has 5 unspecified atom stereocenters. The smallest absolute Gasteiger partial charge is 0.184 e. The lowest BCUT2D eigenvalue weighted by Crippen LogP contribution is -2.55. The van der Waals surface area contributed by atoms with Crippen LogP contribution in [0.4, 0.5) is 0 Å². The molecule has 130 valence electrons. The summed E-state index contributed by atoms with van der Waals surface area (Å²) in [7, 11) is 0. The maximum atomic E-state index is 10.6. The van der Waals surface area contributed by atoms with Gasteiger partial charge in [-0.2, -0.15) is 0 Å². The Morgan fingerprint density at radius 3 is 2.71 bits per heavy atom. The van der Waals surface area contributed by atoms with Gasteiger partial charge in [0.05, 0.1) is 43.7 Å². The van der Waals surface area contributed by atoms with Crippen molar-refractivity contribution in [3.05, 3.63) is 46.3 Å². The number of hydrogen-bond donors (Lipinski definition) is 2. The highest BCUT2D eigenvalue weighted by atomic mass is 16.7. The summed E-state index contributed by atoms with van der Waals surface area (Å²) in [4.78, 5) is 2.75. The molecule has 3 rings (SSSR count). The van der Waals surface area contributed by atoms with Crippen molar-refractivity contribution in [2.45, 2.75) is 43.7 Å². The van der Waals surface area contributed by atoms with E-state index in [-0.39, 0.29) is 19.3 Å². The molecule has 2 fully saturated rings. The Labute approximate surface area is 139 Å². The highest BCUT2D eigenvalue weighted by molar-refractivity contribution is 5.17. The van der Waals surface area contributed by atoms with Crippen LogP contribution < -0.4 is 0 Å². The van der Waals surface area contributed by atoms with Crippen LogP contribution in [-0.4, -0.2) is 53.9 Å². The van der Waals surface area contributed by atoms with E-state index in [1.165, 1.54) is 0 Å². The molecular formula is C16H21N3O5. The number of aliphatic hydroxyl groups excluding tert-OH is 2. The fourth-order valence-corrected chi connectivity index (χ4v) is 3.39. The molecule has 0 aliphatic carbocycles. The topological polar surface area (TPSA) is 117 Å². The van der Waals surface area contributed by atoms with Gasteiger partial charge in [0.15, 0.2) is 6.29 Å². The number of ether oxygens (including phenoxy) is 3. The van der Waals surface area contributed by atoms with Gasteiger partial charge in [-0.05, 0) is 12.5 Å². The molecule has 2 heterocycles. The minimum atomic E-state index is -0.975. The zero-order chi connectivity index (χ0) is 17.1. The van der Waals surface area contributed by atoms with Gasteiger partial charge in [-0.15, -0.1) is 0 Å². The van der Waals surface area contributed by atoms with Gasteiger partial charge in [-0.25, -0.2) is 0 Å². The maximum Gasteiger partial charge on any atom is 0.184 e. The van der Waals surface area contributed by atoms with Crippen molar-refractivity contribution < 1.29 is 24.4 Å². The first kappa shape index (κ1) is 17.2. The average Bonchev–Trinajstić information content (AvgIpc) is 2.99. The summed E-state index contributed by atoms with van der Waals surface area (Å²) in [5.74, 6) is -0.553. The molecule has 24 heavy (non-hydrogen) atoms. The molecular weight excluding hydrogens is 314 g/mol. The lowest BCUT2D eigenvalue weighted by atomic mass is 9.82. The molecule has 0 aromatic heterocycles. The van der Waals surface area contributed by atoms with E-state index in [0.717, 1.165) is 5.56 Å². The third-order valence-electron chi connectivity index (χ3n) is 4.61. The molecule has 0 amide bonds. The van der Waals surface area contributed by atoms with Crippen molar-refractivity contribution in [2.24, 2.45) is 11.0 Å². The van der Waals surface area contributed by atoms with Gasteiger partial charge >= 0.3 is 0 Å². The second kappa shape index (κ2) is 7.48. The molecule has 2 aliphatic rings. The number of aliphatic hydroxyl groups is 2. The molecule has 2 saturated heterocycles. The van der Waals surface area contributed by atoms with Crippen molar-refractivity contribution in [3.63, 3.8) is 0 Å². The highest BCUT2D eigenvalue weighted by Gasteiger charge is 2.49. The maximum absolute atomic E-state index is 10.6. The number of hydrogen-bond acceptors (Lipinski definition) is 6. The van der Waals surface area contributed by atoms with Crippen molar-refractivity contribution in [1.82, 2.24) is 0 Å². The van der Waals surface area contributed by atoms with Gasteiger partial charge in [0.2, 0.25) is 0 Å². The van der Waals surface area contributed by atoms with Crippen LogP contribution in [0.3, 0.4) is 0 Å². The van der Waals surface area contributed by atoms with Crippen LogP contribution in [0, 0.1) is 5.92 Å². The molecule has 1 aromatic rings. The average molecular weight is 335 g/mol. The Kier molecular flexibility index (Phi) is 5.35. The Morgan fingerprint density at radius 2 is 2.04 bits per heavy atom. The van der Waals surface area contributed by atoms with Gasteiger partial charge in [0, 0.05) is 16.4 Å². The molecule has 2 aliphatic heterocycles. The number of rotatable bonds is 4. The number of azide groups is 1. The summed E-state index contributed by atoms with van der Waals surface area (Å²) in [6, 6.07) is 8.79. The van der Waals surface area contributed by atoms with E-state index in [1.54, 1.807) is 0 Å². The predicted molar refractivity (Wildman–Crippen MR) is 83.9 cm³/mol. The minimum Gasteiger partial charge on any atom is -0.394 e. The first-order chi connectivity index (χ1) is 11.7. The van der Waals surface area contributed by atoms with Crippen LogP contribution in [0.5, 0.6) is 0 Å². The highest BCUT2D eigenvalue weighted by Crippen LogP contribution is 2.39. The summed E-state index contributed by atoms with van der Waals surface area (Å²) < 4.78 is 17.5. The Bertz CT molecular complexity index is 595. The summed E-state index contributed by atoms with van der Waals surface area (Å²) in [5.41, 5.74) is 9.52. The summed E-state index contributed by atoms with van der Waals surface area (Å²) in [6.07, 6.45) is -2.91. The Morgan fingerprint density at radius 1 is 1.29 bits per heavy atom. The van der Waals surface area contributed by atoms with E-state index in [0.29, 0.717) is 0 Å². The van der Waals surface area contributed by atoms with E-state index in [2.05, 4.69) is 10.0 Å². The lowest BCUT2D eigenvalue weighted by molar-refractivity contribution is -0.164. The zero-order valence-corrected chi connectivity index (χ0v) is 13.3. The van der Waals surface area contributed by atoms with Gasteiger partial charge in [0.25, 0.3) is 0 Å². The van der Waals surface area contributed by atoms with Crippen molar-refractivity contribution in [2.75, 3.05) is 13.2 Å². The van der Waals surface area contributed by atoms with Crippen molar-refractivity contribution in [3.8, 4) is 0 Å². The second-order valence-electron chi connectivity index (χ2n) is 6.08. The van der Waals surface area contributed by atoms with E-state index in [9.17, 15) is 10.2 Å². The number of benzene rings is 1. The van der Waals surface area contributed by atoms with Crippen LogP contribution in [0.2, 0.25) is 0 Å². The standard InChI is InChI=1S/C16H21N3O5/c1-9-15(24-16(23-9)10-5-3-2-4-6-10)13-12(7-20)22-8-11(14(13)21)18-19-17/h2-6,9,11-16,20-21H,7-8H2,1H3/t9?,11?,12?,13-,14+,15?,16?/m1/s1. The first-order valence-electron chi connectivity index (χ1n) is 7.96. The monoisotopic (exact) mass is 335 g/mol. The minimum absolute atomic E-state index is 0.0665.